The molecule has 31 heavy (non-hydrogen) atoms. The number of hydrogen-bond donors (Lipinski definition) is 2. The monoisotopic (exact) mass is 445 g/mol. The van der Waals surface area contributed by atoms with E-state index in [9.17, 15) is 9.59 Å². The van der Waals surface area contributed by atoms with Crippen molar-refractivity contribution in [3.63, 3.8) is 0 Å². The molecule has 3 rings (SSSR count). The summed E-state index contributed by atoms with van der Waals surface area (Å²) in [6.07, 6.45) is 5.38. The van der Waals surface area contributed by atoms with Gasteiger partial charge in [-0.2, -0.15) is 0 Å². The number of carbonyl (C=O) groups excluding carboxylic acids is 2. The Morgan fingerprint density at radius 1 is 1.26 bits per heavy atom. The Morgan fingerprint density at radius 2 is 2.03 bits per heavy atom. The van der Waals surface area contributed by atoms with Crippen molar-refractivity contribution in [2.75, 3.05) is 13.7 Å². The Hall–Kier alpha value is -2.39. The zero-order valence-corrected chi connectivity index (χ0v) is 19.2. The van der Waals surface area contributed by atoms with Gasteiger partial charge in [0.15, 0.2) is 11.0 Å². The van der Waals surface area contributed by atoms with E-state index in [0.717, 1.165) is 42.6 Å². The zero-order valence-electron chi connectivity index (χ0n) is 18.4. The van der Waals surface area contributed by atoms with E-state index in [-0.39, 0.29) is 11.9 Å². The highest BCUT2D eigenvalue weighted by atomic mass is 32.2. The van der Waals surface area contributed by atoms with Gasteiger partial charge in [-0.25, -0.2) is 4.79 Å². The van der Waals surface area contributed by atoms with Gasteiger partial charge in [0.05, 0.1) is 18.4 Å². The first kappa shape index (κ1) is 23.3. The number of amides is 3. The lowest BCUT2D eigenvalue weighted by Gasteiger charge is -2.23. The van der Waals surface area contributed by atoms with E-state index in [4.69, 9.17) is 4.74 Å². The quantitative estimate of drug-likeness (QED) is 0.603. The van der Waals surface area contributed by atoms with Gasteiger partial charge in [-0.3, -0.25) is 14.7 Å². The number of imide groups is 1. The summed E-state index contributed by atoms with van der Waals surface area (Å²) in [6, 6.07) is 7.77. The van der Waals surface area contributed by atoms with Gasteiger partial charge in [0, 0.05) is 18.7 Å². The molecule has 0 bridgehead atoms. The second-order valence-corrected chi connectivity index (χ2v) is 9.19. The van der Waals surface area contributed by atoms with E-state index in [1.807, 2.05) is 35.8 Å². The molecule has 1 atom stereocenters. The fraction of sp³-hybridized carbons (Fsp3) is 0.545. The van der Waals surface area contributed by atoms with E-state index >= 15 is 0 Å². The molecule has 9 heteroatoms. The number of ether oxygens (including phenoxy) is 1. The number of rotatable bonds is 8. The van der Waals surface area contributed by atoms with Crippen LogP contribution in [0.3, 0.4) is 0 Å². The van der Waals surface area contributed by atoms with Gasteiger partial charge >= 0.3 is 6.03 Å². The van der Waals surface area contributed by atoms with Crippen molar-refractivity contribution < 1.29 is 14.3 Å². The van der Waals surface area contributed by atoms with E-state index in [2.05, 4.69) is 20.8 Å². The minimum atomic E-state index is -0.507. The summed E-state index contributed by atoms with van der Waals surface area (Å²) in [5, 5.41) is 14.1. The number of urea groups is 1. The largest absolute Gasteiger partial charge is 0.383 e. The van der Waals surface area contributed by atoms with Crippen LogP contribution in [0.1, 0.15) is 44.6 Å². The third-order valence-corrected chi connectivity index (χ3v) is 6.42. The molecule has 2 aromatic rings. The Balaban J connectivity index is 1.66. The van der Waals surface area contributed by atoms with Crippen LogP contribution in [-0.4, -0.2) is 51.7 Å². The molecule has 3 amide bonds. The summed E-state index contributed by atoms with van der Waals surface area (Å²) in [6.45, 7) is 4.84. The van der Waals surface area contributed by atoms with Crippen LogP contribution in [0, 0.1) is 6.92 Å². The summed E-state index contributed by atoms with van der Waals surface area (Å²) in [4.78, 5) is 24.8. The van der Waals surface area contributed by atoms with Crippen LogP contribution in [0.4, 0.5) is 4.79 Å². The Labute approximate surface area is 187 Å². The summed E-state index contributed by atoms with van der Waals surface area (Å²) in [5.41, 5.74) is 2.09. The number of benzene rings is 1. The maximum atomic E-state index is 12.6. The van der Waals surface area contributed by atoms with Crippen molar-refractivity contribution in [3.8, 4) is 11.4 Å². The van der Waals surface area contributed by atoms with Crippen molar-refractivity contribution >= 4 is 23.7 Å². The van der Waals surface area contributed by atoms with Crippen molar-refractivity contribution in [2.45, 2.75) is 68.9 Å². The van der Waals surface area contributed by atoms with Gasteiger partial charge in [0.2, 0.25) is 5.91 Å². The fourth-order valence-corrected chi connectivity index (χ4v) is 4.53. The maximum absolute atomic E-state index is 12.6. The molecule has 1 aliphatic carbocycles. The van der Waals surface area contributed by atoms with Crippen molar-refractivity contribution in [1.29, 1.82) is 0 Å². The van der Waals surface area contributed by atoms with E-state index < -0.39 is 11.3 Å². The van der Waals surface area contributed by atoms with E-state index in [1.165, 1.54) is 18.2 Å². The molecule has 0 aliphatic heterocycles. The van der Waals surface area contributed by atoms with Gasteiger partial charge in [0.25, 0.3) is 0 Å². The SMILES string of the molecule is COCCn1c(S[C@@H](C)C(=O)NC(=O)NC2CCCCC2)nnc1-c1cccc(C)c1. The second-order valence-electron chi connectivity index (χ2n) is 7.88. The van der Waals surface area contributed by atoms with Gasteiger partial charge < -0.3 is 10.1 Å². The summed E-state index contributed by atoms with van der Waals surface area (Å²) in [5.74, 6) is 0.377. The first-order valence-electron chi connectivity index (χ1n) is 10.7. The van der Waals surface area contributed by atoms with Gasteiger partial charge in [-0.05, 0) is 32.8 Å². The van der Waals surface area contributed by atoms with Crippen LogP contribution >= 0.6 is 11.8 Å². The number of thioether (sulfide) groups is 1. The van der Waals surface area contributed by atoms with Crippen LogP contribution < -0.4 is 10.6 Å². The fourth-order valence-electron chi connectivity index (χ4n) is 3.65. The molecular formula is C22H31N5O3S. The molecule has 1 fully saturated rings. The first-order valence-corrected chi connectivity index (χ1v) is 11.6. The van der Waals surface area contributed by atoms with Crippen molar-refractivity contribution in [1.82, 2.24) is 25.4 Å². The minimum Gasteiger partial charge on any atom is -0.383 e. The number of aryl methyl sites for hydroxylation is 1. The molecule has 1 aliphatic rings. The zero-order chi connectivity index (χ0) is 22.2. The summed E-state index contributed by atoms with van der Waals surface area (Å²) >= 11 is 1.28. The van der Waals surface area contributed by atoms with Gasteiger partial charge in [0.1, 0.15) is 0 Å². The highest BCUT2D eigenvalue weighted by Gasteiger charge is 2.23. The predicted octanol–water partition coefficient (Wildman–Crippen LogP) is 3.54. The summed E-state index contributed by atoms with van der Waals surface area (Å²) in [7, 11) is 1.64. The molecule has 0 spiro atoms. The molecule has 1 heterocycles. The number of aromatic nitrogens is 3. The number of nitrogens with zero attached hydrogens (tertiary/aromatic N) is 3. The molecule has 2 N–H and O–H groups in total. The molecule has 1 saturated carbocycles. The third kappa shape index (κ3) is 6.54. The average molecular weight is 446 g/mol. The van der Waals surface area contributed by atoms with E-state index in [0.29, 0.717) is 18.3 Å². The van der Waals surface area contributed by atoms with Crippen LogP contribution in [0.5, 0.6) is 0 Å². The molecule has 0 saturated heterocycles. The van der Waals surface area contributed by atoms with Gasteiger partial charge in [-0.15, -0.1) is 10.2 Å². The topological polar surface area (TPSA) is 98.1 Å². The smallest absolute Gasteiger partial charge is 0.321 e. The Kier molecular flexibility index (Phi) is 8.48. The van der Waals surface area contributed by atoms with Crippen LogP contribution in [0.25, 0.3) is 11.4 Å². The second kappa shape index (κ2) is 11.3. The van der Waals surface area contributed by atoms with Crippen LogP contribution in [0.15, 0.2) is 29.4 Å². The lowest BCUT2D eigenvalue weighted by atomic mass is 9.96. The molecule has 0 unspecified atom stereocenters. The van der Waals surface area contributed by atoms with Crippen molar-refractivity contribution in [2.24, 2.45) is 0 Å². The Bertz CT molecular complexity index is 895. The minimum absolute atomic E-state index is 0.151. The molecule has 168 valence electrons. The first-order chi connectivity index (χ1) is 15.0. The van der Waals surface area contributed by atoms with Gasteiger partial charge in [-0.1, -0.05) is 54.8 Å². The number of hydrogen-bond acceptors (Lipinski definition) is 6. The molecule has 1 aromatic carbocycles. The lowest BCUT2D eigenvalue weighted by Crippen LogP contribution is -2.47. The van der Waals surface area contributed by atoms with Crippen molar-refractivity contribution in [3.05, 3.63) is 29.8 Å². The normalized spacial score (nSPS) is 15.5. The highest BCUT2D eigenvalue weighted by Crippen LogP contribution is 2.27. The Morgan fingerprint density at radius 3 is 2.74 bits per heavy atom. The highest BCUT2D eigenvalue weighted by molar-refractivity contribution is 8.00. The maximum Gasteiger partial charge on any atom is 0.321 e. The average Bonchev–Trinajstić information content (AvgIpc) is 3.15. The number of carbonyl (C=O) groups is 2. The van der Waals surface area contributed by atoms with Crippen LogP contribution in [0.2, 0.25) is 0 Å². The standard InChI is InChI=1S/C22H31N5O3S/c1-15-8-7-9-17(14-15)19-25-26-22(27(19)12-13-30-3)31-16(2)20(28)24-21(29)23-18-10-5-4-6-11-18/h7-9,14,16,18H,4-6,10-13H2,1-3H3,(H2,23,24,28,29)/t16-/m0/s1. The van der Waals surface area contributed by atoms with E-state index in [1.54, 1.807) is 14.0 Å². The lowest BCUT2D eigenvalue weighted by molar-refractivity contribution is -0.119. The third-order valence-electron chi connectivity index (χ3n) is 5.34. The number of nitrogens with one attached hydrogen (secondary N) is 2. The molecule has 1 aromatic heterocycles. The number of methoxy groups -OCH3 is 1. The molecular weight excluding hydrogens is 414 g/mol. The molecule has 0 radical (unpaired) electrons. The molecule has 8 nitrogen and oxygen atoms in total. The summed E-state index contributed by atoms with van der Waals surface area (Å²) < 4.78 is 7.20. The predicted molar refractivity (Wildman–Crippen MR) is 121 cm³/mol. The van der Waals surface area contributed by atoms with Crippen LogP contribution in [-0.2, 0) is 16.1 Å².